The molecule has 1 aromatic heterocycles. The zero-order valence-electron chi connectivity index (χ0n) is 11.7. The van der Waals surface area contributed by atoms with Gasteiger partial charge in [-0.3, -0.25) is 9.48 Å². The fourth-order valence-electron chi connectivity index (χ4n) is 1.67. The largest absolute Gasteiger partial charge is 0.351 e. The van der Waals surface area contributed by atoms with Gasteiger partial charge in [0, 0.05) is 24.8 Å². The van der Waals surface area contributed by atoms with Crippen molar-refractivity contribution in [1.82, 2.24) is 15.1 Å². The first kappa shape index (κ1) is 16.9. The Morgan fingerprint density at radius 1 is 1.44 bits per heavy atom. The van der Waals surface area contributed by atoms with Crippen molar-refractivity contribution in [3.05, 3.63) is 17.0 Å². The van der Waals surface area contributed by atoms with Crippen molar-refractivity contribution in [3.8, 4) is 0 Å². The summed E-state index contributed by atoms with van der Waals surface area (Å²) in [6.07, 6.45) is 0. The molecule has 3 N–H and O–H groups in total. The molecule has 18 heavy (non-hydrogen) atoms. The summed E-state index contributed by atoms with van der Waals surface area (Å²) in [5.41, 5.74) is 8.86. The number of hydrogen-bond acceptors (Lipinski definition) is 3. The van der Waals surface area contributed by atoms with Crippen LogP contribution in [0.3, 0.4) is 0 Å². The van der Waals surface area contributed by atoms with Gasteiger partial charge in [-0.05, 0) is 19.8 Å². The number of carbonyl (C=O) groups excluding carboxylic acids is 1. The molecule has 1 atom stereocenters. The lowest BCUT2D eigenvalue weighted by atomic mass is 10.0. The van der Waals surface area contributed by atoms with Gasteiger partial charge in [0.1, 0.15) is 0 Å². The number of rotatable bonds is 4. The third kappa shape index (κ3) is 3.71. The minimum atomic E-state index is -0.452. The molecule has 0 saturated heterocycles. The van der Waals surface area contributed by atoms with Crippen LogP contribution < -0.4 is 11.1 Å². The van der Waals surface area contributed by atoms with Crippen molar-refractivity contribution in [3.63, 3.8) is 0 Å². The van der Waals surface area contributed by atoms with Crippen LogP contribution in [-0.2, 0) is 18.4 Å². The van der Waals surface area contributed by atoms with Gasteiger partial charge in [-0.2, -0.15) is 5.10 Å². The Morgan fingerprint density at radius 2 is 2.00 bits per heavy atom. The van der Waals surface area contributed by atoms with Gasteiger partial charge in [0.15, 0.2) is 0 Å². The van der Waals surface area contributed by atoms with E-state index in [0.29, 0.717) is 6.54 Å². The van der Waals surface area contributed by atoms with Gasteiger partial charge in [0.05, 0.1) is 11.7 Å². The van der Waals surface area contributed by atoms with E-state index in [2.05, 4.69) is 10.4 Å². The first-order valence-electron chi connectivity index (χ1n) is 5.87. The Morgan fingerprint density at radius 3 is 2.39 bits per heavy atom. The SMILES string of the molecule is Cc1nn(C)c(C)c1CNC(=O)[C@H](N)C(C)C.Cl. The molecule has 5 nitrogen and oxygen atoms in total. The summed E-state index contributed by atoms with van der Waals surface area (Å²) >= 11 is 0. The quantitative estimate of drug-likeness (QED) is 0.862. The highest BCUT2D eigenvalue weighted by Gasteiger charge is 2.18. The molecule has 0 unspecified atom stereocenters. The van der Waals surface area contributed by atoms with Crippen molar-refractivity contribution in [1.29, 1.82) is 0 Å². The zero-order valence-corrected chi connectivity index (χ0v) is 12.5. The van der Waals surface area contributed by atoms with Crippen LogP contribution in [-0.4, -0.2) is 21.7 Å². The molecule has 6 heteroatoms. The summed E-state index contributed by atoms with van der Waals surface area (Å²) in [5, 5.41) is 7.16. The second-order valence-electron chi connectivity index (χ2n) is 4.76. The van der Waals surface area contributed by atoms with Crippen LogP contribution in [0.2, 0.25) is 0 Å². The Bertz CT molecular complexity index is 414. The number of hydrogen-bond donors (Lipinski definition) is 2. The van der Waals surface area contributed by atoms with Gasteiger partial charge >= 0.3 is 0 Å². The Balaban J connectivity index is 0.00000289. The summed E-state index contributed by atoms with van der Waals surface area (Å²) in [6, 6.07) is -0.452. The highest BCUT2D eigenvalue weighted by Crippen LogP contribution is 2.11. The Hall–Kier alpha value is -1.07. The van der Waals surface area contributed by atoms with Crippen LogP contribution in [0, 0.1) is 19.8 Å². The van der Waals surface area contributed by atoms with Crippen molar-refractivity contribution in [2.45, 2.75) is 40.3 Å². The fourth-order valence-corrected chi connectivity index (χ4v) is 1.67. The number of halogens is 1. The molecule has 1 rings (SSSR count). The lowest BCUT2D eigenvalue weighted by Crippen LogP contribution is -2.43. The van der Waals surface area contributed by atoms with Crippen LogP contribution in [0.5, 0.6) is 0 Å². The minimum Gasteiger partial charge on any atom is -0.351 e. The minimum absolute atomic E-state index is 0. The smallest absolute Gasteiger partial charge is 0.237 e. The number of nitrogens with one attached hydrogen (secondary N) is 1. The number of nitrogens with zero attached hydrogens (tertiary/aromatic N) is 2. The predicted octanol–water partition coefficient (Wildman–Crippen LogP) is 1.06. The zero-order chi connectivity index (χ0) is 13.2. The van der Waals surface area contributed by atoms with E-state index in [0.717, 1.165) is 17.0 Å². The van der Waals surface area contributed by atoms with Crippen LogP contribution >= 0.6 is 12.4 Å². The number of nitrogens with two attached hydrogens (primary N) is 1. The van der Waals surface area contributed by atoms with Crippen LogP contribution in [0.15, 0.2) is 0 Å². The monoisotopic (exact) mass is 274 g/mol. The van der Waals surface area contributed by atoms with Gasteiger partial charge < -0.3 is 11.1 Å². The molecule has 0 aliphatic rings. The summed E-state index contributed by atoms with van der Waals surface area (Å²) in [6.45, 7) is 8.29. The highest BCUT2D eigenvalue weighted by molar-refractivity contribution is 5.85. The van der Waals surface area contributed by atoms with E-state index in [1.165, 1.54) is 0 Å². The fraction of sp³-hybridized carbons (Fsp3) is 0.667. The summed E-state index contributed by atoms with van der Waals surface area (Å²) in [5.74, 6) is 0.0359. The van der Waals surface area contributed by atoms with Crippen molar-refractivity contribution < 1.29 is 4.79 Å². The molecule has 104 valence electrons. The third-order valence-electron chi connectivity index (χ3n) is 3.12. The molecule has 1 amide bonds. The van der Waals surface area contributed by atoms with Crippen LogP contribution in [0.4, 0.5) is 0 Å². The normalized spacial score (nSPS) is 12.2. The molecule has 1 aromatic rings. The van der Waals surface area contributed by atoms with Crippen LogP contribution in [0.1, 0.15) is 30.8 Å². The van der Waals surface area contributed by atoms with E-state index in [9.17, 15) is 4.79 Å². The average Bonchev–Trinajstić information content (AvgIpc) is 2.49. The van der Waals surface area contributed by atoms with Crippen molar-refractivity contribution in [2.75, 3.05) is 0 Å². The second kappa shape index (κ2) is 6.75. The maximum absolute atomic E-state index is 11.7. The lowest BCUT2D eigenvalue weighted by molar-refractivity contribution is -0.123. The predicted molar refractivity (Wildman–Crippen MR) is 74.6 cm³/mol. The molecule has 0 aliphatic carbocycles. The maximum Gasteiger partial charge on any atom is 0.237 e. The highest BCUT2D eigenvalue weighted by atomic mass is 35.5. The molecule has 0 bridgehead atoms. The average molecular weight is 275 g/mol. The van der Waals surface area contributed by atoms with Gasteiger partial charge in [-0.25, -0.2) is 0 Å². The van der Waals surface area contributed by atoms with Crippen LogP contribution in [0.25, 0.3) is 0 Å². The van der Waals surface area contributed by atoms with E-state index in [1.807, 2.05) is 39.4 Å². The van der Waals surface area contributed by atoms with Crippen molar-refractivity contribution in [2.24, 2.45) is 18.7 Å². The van der Waals surface area contributed by atoms with E-state index in [-0.39, 0.29) is 24.2 Å². The first-order valence-corrected chi connectivity index (χ1v) is 5.87. The van der Waals surface area contributed by atoms with Gasteiger partial charge in [-0.15, -0.1) is 12.4 Å². The second-order valence-corrected chi connectivity index (χ2v) is 4.76. The van der Waals surface area contributed by atoms with Gasteiger partial charge in [0.2, 0.25) is 5.91 Å². The Kier molecular flexibility index (Phi) is 6.35. The molecule has 0 aliphatic heterocycles. The number of aromatic nitrogens is 2. The molecule has 0 fully saturated rings. The standard InChI is InChI=1S/C12H22N4O.ClH/c1-7(2)11(13)12(17)14-6-10-8(3)15-16(5)9(10)4;/h7,11H,6,13H2,1-5H3,(H,14,17);1H/t11-;/m1./s1. The molecule has 0 spiro atoms. The van der Waals surface area contributed by atoms with E-state index < -0.39 is 6.04 Å². The Labute approximate surface area is 115 Å². The van der Waals surface area contributed by atoms with E-state index in [1.54, 1.807) is 0 Å². The maximum atomic E-state index is 11.7. The van der Waals surface area contributed by atoms with Gasteiger partial charge in [-0.1, -0.05) is 13.8 Å². The number of aryl methyl sites for hydroxylation is 2. The van der Waals surface area contributed by atoms with Crippen molar-refractivity contribution >= 4 is 18.3 Å². The molecule has 1 heterocycles. The van der Waals surface area contributed by atoms with E-state index in [4.69, 9.17) is 5.73 Å². The molecule has 0 aromatic carbocycles. The number of amides is 1. The first-order chi connectivity index (χ1) is 7.84. The summed E-state index contributed by atoms with van der Waals surface area (Å²) in [4.78, 5) is 11.7. The molecule has 0 saturated carbocycles. The number of carbonyl (C=O) groups is 1. The third-order valence-corrected chi connectivity index (χ3v) is 3.12. The topological polar surface area (TPSA) is 72.9 Å². The molecular weight excluding hydrogens is 252 g/mol. The van der Waals surface area contributed by atoms with Gasteiger partial charge in [0.25, 0.3) is 0 Å². The molecular formula is C12H23ClN4O. The summed E-state index contributed by atoms with van der Waals surface area (Å²) < 4.78 is 1.82. The molecule has 0 radical (unpaired) electrons. The van der Waals surface area contributed by atoms with E-state index >= 15 is 0 Å². The lowest BCUT2D eigenvalue weighted by Gasteiger charge is -2.15. The summed E-state index contributed by atoms with van der Waals surface area (Å²) in [7, 11) is 1.90.